The molecule has 0 bridgehead atoms. The number of halogens is 1. The molecule has 1 aromatic rings. The Balaban J connectivity index is 2.04. The number of ether oxygens (including phenoxy) is 2. The van der Waals surface area contributed by atoms with Gasteiger partial charge in [-0.2, -0.15) is 0 Å². The maximum absolute atomic E-state index is 6.09. The molecular formula is C16H17BrO2. The van der Waals surface area contributed by atoms with E-state index in [2.05, 4.69) is 52.4 Å². The van der Waals surface area contributed by atoms with Gasteiger partial charge in [-0.05, 0) is 25.0 Å². The maximum Gasteiger partial charge on any atom is 0.155 e. The molecule has 1 saturated heterocycles. The number of benzene rings is 1. The fraction of sp³-hybridized carbons (Fsp3) is 0.375. The first kappa shape index (κ1) is 13.1. The molecule has 2 aliphatic rings. The Morgan fingerprint density at radius 3 is 2.68 bits per heavy atom. The molecule has 2 nitrogen and oxygen atoms in total. The Morgan fingerprint density at radius 1 is 1.21 bits per heavy atom. The Labute approximate surface area is 122 Å². The first-order valence-corrected chi connectivity index (χ1v) is 7.37. The van der Waals surface area contributed by atoms with Gasteiger partial charge in [-0.3, -0.25) is 0 Å². The van der Waals surface area contributed by atoms with Crippen LogP contribution in [0.1, 0.15) is 25.0 Å². The zero-order chi connectivity index (χ0) is 13.3. The van der Waals surface area contributed by atoms with Crippen LogP contribution in [0.2, 0.25) is 0 Å². The van der Waals surface area contributed by atoms with E-state index in [-0.39, 0.29) is 17.8 Å². The molecule has 0 N–H and O–H groups in total. The molecule has 1 aliphatic heterocycles. The summed E-state index contributed by atoms with van der Waals surface area (Å²) >= 11 is 3.63. The molecule has 1 spiro atoms. The van der Waals surface area contributed by atoms with E-state index in [0.29, 0.717) is 6.61 Å². The minimum absolute atomic E-state index is 0.0142. The van der Waals surface area contributed by atoms with E-state index in [1.165, 1.54) is 5.56 Å². The maximum atomic E-state index is 6.09. The summed E-state index contributed by atoms with van der Waals surface area (Å²) in [5.41, 5.74) is 0.989. The van der Waals surface area contributed by atoms with E-state index in [1.807, 2.05) is 19.1 Å². The highest BCUT2D eigenvalue weighted by molar-refractivity contribution is 9.10. The summed E-state index contributed by atoms with van der Waals surface area (Å²) in [6.07, 6.45) is 9.62. The van der Waals surface area contributed by atoms with Gasteiger partial charge in [0.25, 0.3) is 0 Å². The van der Waals surface area contributed by atoms with Gasteiger partial charge < -0.3 is 9.47 Å². The van der Waals surface area contributed by atoms with Crippen molar-refractivity contribution in [1.82, 2.24) is 0 Å². The monoisotopic (exact) mass is 320 g/mol. The van der Waals surface area contributed by atoms with Gasteiger partial charge in [0.05, 0.1) is 12.0 Å². The van der Waals surface area contributed by atoms with Crippen LogP contribution in [0.15, 0.2) is 53.0 Å². The minimum Gasteiger partial charge on any atom is -0.352 e. The highest BCUT2D eigenvalue weighted by Gasteiger charge is 2.43. The van der Waals surface area contributed by atoms with Gasteiger partial charge in [-0.25, -0.2) is 0 Å². The van der Waals surface area contributed by atoms with Gasteiger partial charge in [-0.1, -0.05) is 58.4 Å². The molecule has 3 heteroatoms. The molecule has 3 rings (SSSR count). The second-order valence-electron chi connectivity index (χ2n) is 5.07. The molecule has 2 atom stereocenters. The molecule has 1 aromatic carbocycles. The Morgan fingerprint density at radius 2 is 1.95 bits per heavy atom. The van der Waals surface area contributed by atoms with Crippen LogP contribution in [0, 0.1) is 5.41 Å². The van der Waals surface area contributed by atoms with E-state index in [9.17, 15) is 0 Å². The van der Waals surface area contributed by atoms with E-state index in [4.69, 9.17) is 9.47 Å². The second kappa shape index (κ2) is 5.23. The van der Waals surface area contributed by atoms with Crippen molar-refractivity contribution in [1.29, 1.82) is 0 Å². The lowest BCUT2D eigenvalue weighted by atomic mass is 9.76. The van der Waals surface area contributed by atoms with Crippen molar-refractivity contribution in [3.8, 4) is 0 Å². The molecule has 0 aromatic heterocycles. The van der Waals surface area contributed by atoms with Crippen LogP contribution in [-0.4, -0.2) is 12.9 Å². The fourth-order valence-electron chi connectivity index (χ4n) is 2.73. The number of allylic oxidation sites excluding steroid dienone is 2. The summed E-state index contributed by atoms with van der Waals surface area (Å²) in [7, 11) is 0. The third kappa shape index (κ3) is 2.42. The lowest BCUT2D eigenvalue weighted by Gasteiger charge is -2.43. The lowest BCUT2D eigenvalue weighted by molar-refractivity contribution is -0.240. The zero-order valence-electron chi connectivity index (χ0n) is 10.9. The normalized spacial score (nSPS) is 28.7. The minimum atomic E-state index is -0.186. The predicted octanol–water partition coefficient (Wildman–Crippen LogP) is 4.39. The summed E-state index contributed by atoms with van der Waals surface area (Å²) in [6.45, 7) is 2.61. The number of hydrogen-bond donors (Lipinski definition) is 0. The van der Waals surface area contributed by atoms with E-state index in [1.54, 1.807) is 0 Å². The second-order valence-corrected chi connectivity index (χ2v) is 5.92. The van der Waals surface area contributed by atoms with Crippen LogP contribution in [0.3, 0.4) is 0 Å². The summed E-state index contributed by atoms with van der Waals surface area (Å²) in [4.78, 5) is 0. The average Bonchev–Trinajstić information content (AvgIpc) is 2.44. The highest BCUT2D eigenvalue weighted by atomic mass is 79.9. The number of rotatable bonds is 1. The lowest BCUT2D eigenvalue weighted by Crippen LogP contribution is -2.41. The molecule has 1 heterocycles. The third-order valence-electron chi connectivity index (χ3n) is 3.70. The SMILES string of the molecule is C[C@H]1OCC2(C=CCC=C2)[C@@H](c2ccccc2Br)O1. The van der Waals surface area contributed by atoms with Crippen molar-refractivity contribution in [2.45, 2.75) is 25.7 Å². The molecule has 0 unspecified atom stereocenters. The fourth-order valence-corrected chi connectivity index (χ4v) is 3.22. The molecule has 19 heavy (non-hydrogen) atoms. The Hall–Kier alpha value is -0.900. The van der Waals surface area contributed by atoms with E-state index < -0.39 is 0 Å². The van der Waals surface area contributed by atoms with Crippen LogP contribution >= 0.6 is 15.9 Å². The summed E-state index contributed by atoms with van der Waals surface area (Å²) < 4.78 is 12.9. The molecule has 1 fully saturated rings. The molecule has 0 saturated carbocycles. The molecule has 0 radical (unpaired) electrons. The van der Waals surface area contributed by atoms with Gasteiger partial charge >= 0.3 is 0 Å². The van der Waals surface area contributed by atoms with Gasteiger partial charge in [-0.15, -0.1) is 0 Å². The molecule has 1 aliphatic carbocycles. The molecular weight excluding hydrogens is 304 g/mol. The van der Waals surface area contributed by atoms with E-state index >= 15 is 0 Å². The van der Waals surface area contributed by atoms with Gasteiger partial charge in [0.15, 0.2) is 6.29 Å². The van der Waals surface area contributed by atoms with Gasteiger partial charge in [0, 0.05) is 4.47 Å². The van der Waals surface area contributed by atoms with Crippen molar-refractivity contribution in [3.05, 3.63) is 58.6 Å². The predicted molar refractivity (Wildman–Crippen MR) is 78.7 cm³/mol. The van der Waals surface area contributed by atoms with Crippen molar-refractivity contribution in [2.75, 3.05) is 6.61 Å². The Kier molecular flexibility index (Phi) is 3.61. The van der Waals surface area contributed by atoms with Crippen LogP contribution in [-0.2, 0) is 9.47 Å². The van der Waals surface area contributed by atoms with Gasteiger partial charge in [0.1, 0.15) is 6.10 Å². The average molecular weight is 321 g/mol. The van der Waals surface area contributed by atoms with E-state index in [0.717, 1.165) is 10.9 Å². The summed E-state index contributed by atoms with van der Waals surface area (Å²) in [5, 5.41) is 0. The quantitative estimate of drug-likeness (QED) is 0.715. The third-order valence-corrected chi connectivity index (χ3v) is 4.42. The van der Waals surface area contributed by atoms with Crippen molar-refractivity contribution < 1.29 is 9.47 Å². The van der Waals surface area contributed by atoms with Gasteiger partial charge in [0.2, 0.25) is 0 Å². The van der Waals surface area contributed by atoms with Crippen molar-refractivity contribution in [2.24, 2.45) is 5.41 Å². The summed E-state index contributed by atoms with van der Waals surface area (Å²) in [5.74, 6) is 0. The van der Waals surface area contributed by atoms with Crippen LogP contribution in [0.25, 0.3) is 0 Å². The molecule has 0 amide bonds. The van der Waals surface area contributed by atoms with Crippen molar-refractivity contribution in [3.63, 3.8) is 0 Å². The van der Waals surface area contributed by atoms with Crippen LogP contribution in [0.5, 0.6) is 0 Å². The summed E-state index contributed by atoms with van der Waals surface area (Å²) in [6, 6.07) is 8.25. The topological polar surface area (TPSA) is 18.5 Å². The highest BCUT2D eigenvalue weighted by Crippen LogP contribution is 2.47. The van der Waals surface area contributed by atoms with Crippen molar-refractivity contribution >= 4 is 15.9 Å². The van der Waals surface area contributed by atoms with Crippen LogP contribution in [0.4, 0.5) is 0 Å². The first-order chi connectivity index (χ1) is 9.21. The Bertz CT molecular complexity index is 509. The molecule has 100 valence electrons. The smallest absolute Gasteiger partial charge is 0.155 e. The largest absolute Gasteiger partial charge is 0.352 e. The zero-order valence-corrected chi connectivity index (χ0v) is 12.5. The standard InChI is InChI=1S/C16H17BrO2/c1-12-18-11-16(9-5-2-6-10-16)15(19-12)13-7-3-4-8-14(13)17/h3-10,12,15H,2,11H2,1H3/t12-,15+/m0/s1. The number of hydrogen-bond acceptors (Lipinski definition) is 2. The first-order valence-electron chi connectivity index (χ1n) is 6.58. The van der Waals surface area contributed by atoms with Crippen LogP contribution < -0.4 is 0 Å².